The maximum absolute atomic E-state index is 11.1. The molecule has 1 amide bonds. The van der Waals surface area contributed by atoms with Crippen molar-refractivity contribution < 1.29 is 23.1 Å². The van der Waals surface area contributed by atoms with Gasteiger partial charge in [-0.2, -0.15) is 0 Å². The third-order valence-electron chi connectivity index (χ3n) is 1.26. The fourth-order valence-corrected chi connectivity index (χ4v) is 2.01. The number of sulfonamides is 1. The Morgan fingerprint density at radius 1 is 1.35 bits per heavy atom. The highest BCUT2D eigenvalue weighted by Gasteiger charge is 2.15. The number of anilines is 1. The molecule has 0 unspecified atom stereocenters. The highest BCUT2D eigenvalue weighted by atomic mass is 32.2. The number of hydrogen-bond donors (Lipinski definition) is 3. The lowest BCUT2D eigenvalue weighted by Crippen LogP contribution is -2.11. The van der Waals surface area contributed by atoms with Crippen molar-refractivity contribution in [2.45, 2.75) is 4.34 Å². The Bertz CT molecular complexity index is 575. The molecule has 0 bridgehead atoms. The number of nitrogens with two attached hydrogens (primary N) is 1. The monoisotopic (exact) mass is 278 g/mol. The van der Waals surface area contributed by atoms with Gasteiger partial charge in [-0.1, -0.05) is 11.3 Å². The van der Waals surface area contributed by atoms with Gasteiger partial charge in [0.2, 0.25) is 15.4 Å². The van der Waals surface area contributed by atoms with E-state index in [-0.39, 0.29) is 5.13 Å². The van der Waals surface area contributed by atoms with Crippen LogP contribution in [0.2, 0.25) is 0 Å². The molecule has 11 heteroatoms. The average Bonchev–Trinajstić information content (AvgIpc) is 2.62. The first-order valence-electron chi connectivity index (χ1n) is 3.87. The van der Waals surface area contributed by atoms with Crippen molar-refractivity contribution in [3.05, 3.63) is 12.2 Å². The Hall–Kier alpha value is -1.85. The SMILES string of the molecule is NS(=O)(=O)c1nnc(NC(=O)/C=C/C(=O)O)s1. The number of nitrogens with one attached hydrogen (secondary N) is 1. The minimum absolute atomic E-state index is 0.103. The van der Waals surface area contributed by atoms with Crippen molar-refractivity contribution in [3.63, 3.8) is 0 Å². The summed E-state index contributed by atoms with van der Waals surface area (Å²) in [6.07, 6.45) is 1.37. The number of aliphatic carboxylic acids is 1. The molecule has 92 valence electrons. The van der Waals surface area contributed by atoms with E-state index in [1.165, 1.54) is 0 Å². The molecular weight excluding hydrogens is 272 g/mol. The summed E-state index contributed by atoms with van der Waals surface area (Å²) in [5, 5.41) is 21.6. The number of primary sulfonamides is 1. The zero-order valence-corrected chi connectivity index (χ0v) is 9.66. The summed E-state index contributed by atoms with van der Waals surface area (Å²) in [5.41, 5.74) is 0. The summed E-state index contributed by atoms with van der Waals surface area (Å²) < 4.78 is 21.2. The van der Waals surface area contributed by atoms with Gasteiger partial charge in [0, 0.05) is 12.2 Å². The van der Waals surface area contributed by atoms with Crippen LogP contribution in [0.5, 0.6) is 0 Å². The van der Waals surface area contributed by atoms with Crippen molar-refractivity contribution in [1.82, 2.24) is 10.2 Å². The van der Waals surface area contributed by atoms with Crippen LogP contribution in [0.3, 0.4) is 0 Å². The van der Waals surface area contributed by atoms with E-state index < -0.39 is 26.2 Å². The fraction of sp³-hybridized carbons (Fsp3) is 0. The van der Waals surface area contributed by atoms with Gasteiger partial charge in [-0.3, -0.25) is 10.1 Å². The van der Waals surface area contributed by atoms with Gasteiger partial charge in [-0.25, -0.2) is 18.4 Å². The first-order valence-corrected chi connectivity index (χ1v) is 6.23. The van der Waals surface area contributed by atoms with E-state index in [1.807, 2.05) is 0 Å². The normalized spacial score (nSPS) is 11.6. The summed E-state index contributed by atoms with van der Waals surface area (Å²) in [7, 11) is -3.96. The molecular formula is C6H6N4O5S2. The maximum Gasteiger partial charge on any atom is 0.328 e. The van der Waals surface area contributed by atoms with Crippen LogP contribution in [-0.2, 0) is 19.6 Å². The van der Waals surface area contributed by atoms with Gasteiger partial charge in [-0.15, -0.1) is 10.2 Å². The number of carboxylic acids is 1. The van der Waals surface area contributed by atoms with E-state index >= 15 is 0 Å². The van der Waals surface area contributed by atoms with Crippen molar-refractivity contribution >= 4 is 38.4 Å². The van der Waals surface area contributed by atoms with Crippen LogP contribution >= 0.6 is 11.3 Å². The molecule has 1 aromatic rings. The van der Waals surface area contributed by atoms with E-state index in [9.17, 15) is 18.0 Å². The van der Waals surface area contributed by atoms with Crippen molar-refractivity contribution in [1.29, 1.82) is 0 Å². The summed E-state index contributed by atoms with van der Waals surface area (Å²) in [4.78, 5) is 21.2. The number of carbonyl (C=O) groups is 2. The molecule has 1 heterocycles. The predicted molar refractivity (Wildman–Crippen MR) is 56.7 cm³/mol. The summed E-state index contributed by atoms with van der Waals surface area (Å²) in [5.74, 6) is -2.06. The van der Waals surface area contributed by atoms with Gasteiger partial charge in [-0.05, 0) is 0 Å². The number of carbonyl (C=O) groups excluding carboxylic acids is 1. The lowest BCUT2D eigenvalue weighted by molar-refractivity contribution is -0.131. The molecule has 0 saturated heterocycles. The summed E-state index contributed by atoms with van der Waals surface area (Å²) >= 11 is 0.554. The molecule has 0 aliphatic rings. The molecule has 0 saturated carbocycles. The maximum atomic E-state index is 11.1. The molecule has 0 atom stereocenters. The quantitative estimate of drug-likeness (QED) is 0.460. The second-order valence-electron chi connectivity index (χ2n) is 2.58. The van der Waals surface area contributed by atoms with Crippen LogP contribution in [-0.4, -0.2) is 35.6 Å². The first kappa shape index (κ1) is 13.2. The molecule has 0 spiro atoms. The van der Waals surface area contributed by atoms with E-state index in [0.29, 0.717) is 17.4 Å². The van der Waals surface area contributed by atoms with Gasteiger partial charge in [0.15, 0.2) is 0 Å². The van der Waals surface area contributed by atoms with Gasteiger partial charge in [0.25, 0.3) is 10.0 Å². The summed E-state index contributed by atoms with van der Waals surface area (Å²) in [6, 6.07) is 0. The minimum Gasteiger partial charge on any atom is -0.478 e. The highest BCUT2D eigenvalue weighted by molar-refractivity contribution is 7.91. The van der Waals surface area contributed by atoms with Gasteiger partial charge < -0.3 is 5.11 Å². The van der Waals surface area contributed by atoms with Gasteiger partial charge in [0.1, 0.15) is 0 Å². The first-order chi connectivity index (χ1) is 7.79. The average molecular weight is 278 g/mol. The largest absolute Gasteiger partial charge is 0.478 e. The van der Waals surface area contributed by atoms with Crippen LogP contribution in [0, 0.1) is 0 Å². The van der Waals surface area contributed by atoms with Crippen molar-refractivity contribution in [2.75, 3.05) is 5.32 Å². The lowest BCUT2D eigenvalue weighted by Gasteiger charge is -1.92. The smallest absolute Gasteiger partial charge is 0.328 e. The van der Waals surface area contributed by atoms with E-state index in [1.54, 1.807) is 0 Å². The Balaban J connectivity index is 2.74. The predicted octanol–water partition coefficient (Wildman–Crippen LogP) is -1.24. The number of hydrogen-bond acceptors (Lipinski definition) is 7. The topological polar surface area (TPSA) is 152 Å². The molecule has 9 nitrogen and oxygen atoms in total. The highest BCUT2D eigenvalue weighted by Crippen LogP contribution is 2.18. The second-order valence-corrected chi connectivity index (χ2v) is 5.29. The number of amides is 1. The molecule has 0 aliphatic carbocycles. The Morgan fingerprint density at radius 2 is 2.00 bits per heavy atom. The molecule has 0 aromatic carbocycles. The molecule has 4 N–H and O–H groups in total. The second kappa shape index (κ2) is 4.99. The standard InChI is InChI=1S/C6H6N4O5S2/c7-17(14,15)6-10-9-5(16-6)8-3(11)1-2-4(12)13/h1-2H,(H,12,13)(H2,7,14,15)(H,8,9,11)/b2-1+. The van der Waals surface area contributed by atoms with Gasteiger partial charge >= 0.3 is 5.97 Å². The fourth-order valence-electron chi connectivity index (χ4n) is 0.669. The lowest BCUT2D eigenvalue weighted by atomic mass is 10.5. The van der Waals surface area contributed by atoms with Crippen molar-refractivity contribution in [3.8, 4) is 0 Å². The number of nitrogens with zero attached hydrogens (tertiary/aromatic N) is 2. The summed E-state index contributed by atoms with van der Waals surface area (Å²) in [6.45, 7) is 0. The van der Waals surface area contributed by atoms with Crippen LogP contribution in [0.25, 0.3) is 0 Å². The molecule has 0 radical (unpaired) electrons. The Morgan fingerprint density at radius 3 is 2.47 bits per heavy atom. The van der Waals surface area contributed by atoms with E-state index in [0.717, 1.165) is 6.08 Å². The number of carboxylic acid groups (broad SMARTS) is 1. The van der Waals surface area contributed by atoms with Gasteiger partial charge in [0.05, 0.1) is 0 Å². The van der Waals surface area contributed by atoms with E-state index in [4.69, 9.17) is 10.2 Å². The molecule has 0 fully saturated rings. The molecule has 1 aromatic heterocycles. The third kappa shape index (κ3) is 4.26. The minimum atomic E-state index is -3.96. The number of aromatic nitrogens is 2. The third-order valence-corrected chi connectivity index (χ3v) is 3.41. The molecule has 1 rings (SSSR count). The Kier molecular flexibility index (Phi) is 3.88. The molecule has 0 aliphatic heterocycles. The Labute approximate surface area is 99.0 Å². The number of rotatable bonds is 4. The van der Waals surface area contributed by atoms with Crippen LogP contribution < -0.4 is 10.5 Å². The van der Waals surface area contributed by atoms with Crippen LogP contribution in [0.1, 0.15) is 0 Å². The molecule has 17 heavy (non-hydrogen) atoms. The zero-order valence-electron chi connectivity index (χ0n) is 8.02. The van der Waals surface area contributed by atoms with Crippen LogP contribution in [0.4, 0.5) is 5.13 Å². The van der Waals surface area contributed by atoms with E-state index in [2.05, 4.69) is 15.5 Å². The van der Waals surface area contributed by atoms with Crippen LogP contribution in [0.15, 0.2) is 16.5 Å². The van der Waals surface area contributed by atoms with Crippen molar-refractivity contribution in [2.24, 2.45) is 5.14 Å². The zero-order chi connectivity index (χ0) is 13.1.